The van der Waals surface area contributed by atoms with Gasteiger partial charge in [0.1, 0.15) is 4.32 Å². The Hall–Kier alpha value is 0.590. The third-order valence-electron chi connectivity index (χ3n) is 5.08. The normalized spacial score (nSPS) is 14.4. The van der Waals surface area contributed by atoms with E-state index in [0.717, 1.165) is 4.32 Å². The van der Waals surface area contributed by atoms with E-state index in [0.29, 0.717) is 0 Å². The average molecular weight is 404 g/mol. The summed E-state index contributed by atoms with van der Waals surface area (Å²) >= 11 is 5.49. The molecule has 0 bridgehead atoms. The fourth-order valence-electron chi connectivity index (χ4n) is 3.40. The first-order chi connectivity index (χ1) is 12.3. The van der Waals surface area contributed by atoms with E-state index >= 15 is 0 Å². The van der Waals surface area contributed by atoms with Gasteiger partial charge in [0.25, 0.3) is 0 Å². The minimum Gasteiger partial charge on any atom is -0.357 e. The Morgan fingerprint density at radius 3 is 1.64 bits per heavy atom. The molecule has 25 heavy (non-hydrogen) atoms. The van der Waals surface area contributed by atoms with Gasteiger partial charge in [-0.25, -0.2) is 0 Å². The number of rotatable bonds is 16. The number of likely N-dealkylation sites (tertiary alicyclic amines) is 1. The molecule has 1 nitrogen and oxygen atoms in total. The molecule has 0 aliphatic carbocycles. The molecule has 4 heteroatoms. The van der Waals surface area contributed by atoms with Crippen molar-refractivity contribution in [2.24, 2.45) is 0 Å². The number of hydrogen-bond donors (Lipinski definition) is 0. The molecule has 1 aliphatic heterocycles. The van der Waals surface area contributed by atoms with Gasteiger partial charge in [-0.15, -0.1) is 0 Å². The lowest BCUT2D eigenvalue weighted by Gasteiger charge is -2.16. The summed E-state index contributed by atoms with van der Waals surface area (Å²) in [6, 6.07) is 0. The molecule has 0 atom stereocenters. The van der Waals surface area contributed by atoms with Crippen LogP contribution in [0.15, 0.2) is 0 Å². The molecule has 1 heterocycles. The smallest absolute Gasteiger partial charge is 0.147 e. The molecule has 0 N–H and O–H groups in total. The van der Waals surface area contributed by atoms with Crippen LogP contribution in [-0.4, -0.2) is 28.1 Å². The molecule has 1 fully saturated rings. The molecule has 0 unspecified atom stereocenters. The van der Waals surface area contributed by atoms with Gasteiger partial charge in [0.2, 0.25) is 0 Å². The van der Waals surface area contributed by atoms with Crippen LogP contribution in [-0.2, 0) is 0 Å². The Bertz CT molecular complexity index is 304. The standard InChI is InChI=1S/C21H41NS3/c1-2-3-4-5-6-7-8-9-10-11-12-13-14-17-20-24-25-21(23)22-18-15-16-19-22/h2-20H2,1H3. The van der Waals surface area contributed by atoms with Crippen LogP contribution in [0, 0.1) is 0 Å². The molecule has 0 aromatic rings. The number of thiocarbonyl (C=S) groups is 1. The van der Waals surface area contributed by atoms with Crippen LogP contribution in [0.25, 0.3) is 0 Å². The highest BCUT2D eigenvalue weighted by atomic mass is 33.1. The summed E-state index contributed by atoms with van der Waals surface area (Å²) in [5.41, 5.74) is 0. The van der Waals surface area contributed by atoms with Gasteiger partial charge in [0.05, 0.1) is 0 Å². The topological polar surface area (TPSA) is 3.24 Å². The minimum absolute atomic E-state index is 1.12. The average Bonchev–Trinajstić information content (AvgIpc) is 3.16. The Morgan fingerprint density at radius 2 is 1.16 bits per heavy atom. The zero-order valence-electron chi connectivity index (χ0n) is 16.6. The van der Waals surface area contributed by atoms with Crippen molar-refractivity contribution in [2.75, 3.05) is 18.8 Å². The van der Waals surface area contributed by atoms with E-state index in [4.69, 9.17) is 12.2 Å². The Morgan fingerprint density at radius 1 is 0.720 bits per heavy atom. The lowest BCUT2D eigenvalue weighted by atomic mass is 10.0. The van der Waals surface area contributed by atoms with Gasteiger partial charge in [-0.3, -0.25) is 0 Å². The molecule has 0 radical (unpaired) electrons. The van der Waals surface area contributed by atoms with E-state index in [2.05, 4.69) is 11.8 Å². The minimum atomic E-state index is 1.12. The van der Waals surface area contributed by atoms with Crippen LogP contribution < -0.4 is 0 Å². The van der Waals surface area contributed by atoms with E-state index in [1.165, 1.54) is 122 Å². The summed E-state index contributed by atoms with van der Waals surface area (Å²) in [4.78, 5) is 2.37. The first kappa shape index (κ1) is 23.6. The van der Waals surface area contributed by atoms with Crippen LogP contribution in [0.1, 0.15) is 110 Å². The molecule has 148 valence electrons. The van der Waals surface area contributed by atoms with E-state index in [1.54, 1.807) is 0 Å². The van der Waals surface area contributed by atoms with Gasteiger partial charge in [-0.05, 0) is 30.1 Å². The Labute approximate surface area is 171 Å². The lowest BCUT2D eigenvalue weighted by Crippen LogP contribution is -2.22. The third kappa shape index (κ3) is 14.3. The fraction of sp³-hybridized carbons (Fsp3) is 0.952. The van der Waals surface area contributed by atoms with Gasteiger partial charge >= 0.3 is 0 Å². The molecular formula is C21H41NS3. The maximum Gasteiger partial charge on any atom is 0.147 e. The molecule has 0 spiro atoms. The fourth-order valence-corrected chi connectivity index (χ4v) is 6.03. The SMILES string of the molecule is CCCCCCCCCCCCCCCCSSC(=S)N1CCCC1. The molecule has 0 saturated carbocycles. The Balaban J connectivity index is 1.70. The summed E-state index contributed by atoms with van der Waals surface area (Å²) < 4.78 is 1.12. The van der Waals surface area contributed by atoms with Crippen LogP contribution in [0.2, 0.25) is 0 Å². The second-order valence-corrected chi connectivity index (χ2v) is 10.5. The van der Waals surface area contributed by atoms with Crippen LogP contribution in [0.5, 0.6) is 0 Å². The molecule has 0 aromatic carbocycles. The molecule has 1 saturated heterocycles. The summed E-state index contributed by atoms with van der Waals surface area (Å²) in [6.07, 6.45) is 22.8. The van der Waals surface area contributed by atoms with E-state index in [1.807, 2.05) is 21.6 Å². The monoisotopic (exact) mass is 403 g/mol. The van der Waals surface area contributed by atoms with Gasteiger partial charge in [0, 0.05) is 18.8 Å². The summed E-state index contributed by atoms with van der Waals surface area (Å²) in [6.45, 7) is 4.67. The van der Waals surface area contributed by atoms with Crippen LogP contribution in [0.4, 0.5) is 0 Å². The molecular weight excluding hydrogens is 362 g/mol. The highest BCUT2D eigenvalue weighted by Crippen LogP contribution is 2.28. The van der Waals surface area contributed by atoms with Crippen molar-refractivity contribution in [1.29, 1.82) is 0 Å². The van der Waals surface area contributed by atoms with E-state index in [-0.39, 0.29) is 0 Å². The van der Waals surface area contributed by atoms with Crippen molar-refractivity contribution in [3.05, 3.63) is 0 Å². The summed E-state index contributed by atoms with van der Waals surface area (Å²) in [7, 11) is 3.80. The third-order valence-corrected chi connectivity index (χ3v) is 8.20. The predicted molar refractivity (Wildman–Crippen MR) is 124 cm³/mol. The lowest BCUT2D eigenvalue weighted by molar-refractivity contribution is 0.538. The highest BCUT2D eigenvalue weighted by Gasteiger charge is 2.14. The predicted octanol–water partition coefficient (Wildman–Crippen LogP) is 8.23. The quantitative estimate of drug-likeness (QED) is 0.145. The Kier molecular flexibility index (Phi) is 17.0. The maximum atomic E-state index is 5.49. The first-order valence-electron chi connectivity index (χ1n) is 10.9. The summed E-state index contributed by atoms with van der Waals surface area (Å²) in [5, 5.41) is 0. The molecule has 0 amide bonds. The molecule has 1 aliphatic rings. The zero-order chi connectivity index (χ0) is 18.0. The molecule has 1 rings (SSSR count). The van der Waals surface area contributed by atoms with Gasteiger partial charge in [-0.2, -0.15) is 0 Å². The number of nitrogens with zero attached hydrogens (tertiary/aromatic N) is 1. The van der Waals surface area contributed by atoms with Crippen molar-refractivity contribution >= 4 is 38.1 Å². The van der Waals surface area contributed by atoms with E-state index < -0.39 is 0 Å². The van der Waals surface area contributed by atoms with Crippen LogP contribution >= 0.6 is 33.8 Å². The number of hydrogen-bond acceptors (Lipinski definition) is 3. The van der Waals surface area contributed by atoms with Gasteiger partial charge in [0.15, 0.2) is 0 Å². The number of unbranched alkanes of at least 4 members (excludes halogenated alkanes) is 13. The zero-order valence-corrected chi connectivity index (χ0v) is 19.1. The van der Waals surface area contributed by atoms with Crippen molar-refractivity contribution in [3.8, 4) is 0 Å². The van der Waals surface area contributed by atoms with Crippen molar-refractivity contribution in [3.63, 3.8) is 0 Å². The first-order valence-corrected chi connectivity index (χ1v) is 13.7. The van der Waals surface area contributed by atoms with Crippen molar-refractivity contribution in [2.45, 2.75) is 110 Å². The van der Waals surface area contributed by atoms with Crippen molar-refractivity contribution in [1.82, 2.24) is 4.90 Å². The largest absolute Gasteiger partial charge is 0.357 e. The summed E-state index contributed by atoms with van der Waals surface area (Å²) in [5.74, 6) is 1.26. The highest BCUT2D eigenvalue weighted by molar-refractivity contribution is 8.83. The van der Waals surface area contributed by atoms with Gasteiger partial charge < -0.3 is 4.90 Å². The second-order valence-electron chi connectivity index (χ2n) is 7.46. The maximum absolute atomic E-state index is 5.49. The second kappa shape index (κ2) is 18.0. The van der Waals surface area contributed by atoms with Crippen LogP contribution in [0.3, 0.4) is 0 Å². The van der Waals surface area contributed by atoms with E-state index in [9.17, 15) is 0 Å². The van der Waals surface area contributed by atoms with Gasteiger partial charge in [-0.1, -0.05) is 113 Å². The molecule has 0 aromatic heterocycles. The van der Waals surface area contributed by atoms with Crippen molar-refractivity contribution < 1.29 is 0 Å².